The summed E-state index contributed by atoms with van der Waals surface area (Å²) in [5.74, 6) is 0.0922. The zero-order chi connectivity index (χ0) is 15.1. The molecule has 0 spiro atoms. The van der Waals surface area contributed by atoms with Gasteiger partial charge in [-0.2, -0.15) is 0 Å². The molecule has 1 aliphatic rings. The highest BCUT2D eigenvalue weighted by Crippen LogP contribution is 2.27. The van der Waals surface area contributed by atoms with Crippen LogP contribution >= 0.6 is 0 Å². The molecule has 1 aromatic rings. The summed E-state index contributed by atoms with van der Waals surface area (Å²) >= 11 is 0. The molecule has 0 saturated heterocycles. The van der Waals surface area contributed by atoms with E-state index >= 15 is 0 Å². The number of aromatic nitrogens is 1. The first-order valence-corrected chi connectivity index (χ1v) is 7.73. The summed E-state index contributed by atoms with van der Waals surface area (Å²) in [7, 11) is 0. The number of anilines is 1. The fourth-order valence-corrected chi connectivity index (χ4v) is 2.73. The monoisotopic (exact) mass is 292 g/mol. The SMILES string of the molecule is CCOC(=O)c1cccnc1NCC1(O)CCCCCC1. The lowest BCUT2D eigenvalue weighted by atomic mass is 9.94. The van der Waals surface area contributed by atoms with Crippen molar-refractivity contribution in [3.63, 3.8) is 0 Å². The lowest BCUT2D eigenvalue weighted by Crippen LogP contribution is -2.36. The van der Waals surface area contributed by atoms with Crippen LogP contribution in [0.1, 0.15) is 55.8 Å². The number of nitrogens with one attached hydrogen (secondary N) is 1. The molecule has 0 bridgehead atoms. The number of aliphatic hydroxyl groups is 1. The number of carbonyl (C=O) groups excluding carboxylic acids is 1. The number of nitrogens with zero attached hydrogens (tertiary/aromatic N) is 1. The maximum atomic E-state index is 11.9. The average molecular weight is 292 g/mol. The minimum atomic E-state index is -0.708. The summed E-state index contributed by atoms with van der Waals surface area (Å²) in [5, 5.41) is 13.8. The molecule has 21 heavy (non-hydrogen) atoms. The zero-order valence-corrected chi connectivity index (χ0v) is 12.6. The van der Waals surface area contributed by atoms with Crippen molar-refractivity contribution in [3.8, 4) is 0 Å². The van der Waals surface area contributed by atoms with Crippen molar-refractivity contribution in [2.75, 3.05) is 18.5 Å². The Labute approximate surface area is 125 Å². The quantitative estimate of drug-likeness (QED) is 0.645. The molecule has 1 heterocycles. The second kappa shape index (κ2) is 7.41. The molecule has 0 aromatic carbocycles. The second-order valence-electron chi connectivity index (χ2n) is 5.61. The number of ether oxygens (including phenoxy) is 1. The second-order valence-corrected chi connectivity index (χ2v) is 5.61. The molecule has 1 aliphatic carbocycles. The molecule has 0 atom stereocenters. The number of hydrogen-bond acceptors (Lipinski definition) is 5. The molecule has 1 fully saturated rings. The van der Waals surface area contributed by atoms with Crippen molar-refractivity contribution >= 4 is 11.8 Å². The highest BCUT2D eigenvalue weighted by Gasteiger charge is 2.28. The molecule has 2 N–H and O–H groups in total. The largest absolute Gasteiger partial charge is 0.462 e. The highest BCUT2D eigenvalue weighted by atomic mass is 16.5. The fraction of sp³-hybridized carbons (Fsp3) is 0.625. The first-order valence-electron chi connectivity index (χ1n) is 7.73. The molecule has 5 heteroatoms. The summed E-state index contributed by atoms with van der Waals surface area (Å²) in [6.07, 6.45) is 7.67. The predicted octanol–water partition coefficient (Wildman–Crippen LogP) is 2.76. The molecule has 5 nitrogen and oxygen atoms in total. The van der Waals surface area contributed by atoms with E-state index in [4.69, 9.17) is 4.74 Å². The van der Waals surface area contributed by atoms with E-state index in [0.29, 0.717) is 24.5 Å². The summed E-state index contributed by atoms with van der Waals surface area (Å²) in [5.41, 5.74) is -0.295. The van der Waals surface area contributed by atoms with Crippen molar-refractivity contribution < 1.29 is 14.6 Å². The van der Waals surface area contributed by atoms with E-state index in [2.05, 4.69) is 10.3 Å². The minimum Gasteiger partial charge on any atom is -0.462 e. The topological polar surface area (TPSA) is 71.5 Å². The number of pyridine rings is 1. The van der Waals surface area contributed by atoms with Crippen molar-refractivity contribution in [1.82, 2.24) is 4.98 Å². The molecule has 2 rings (SSSR count). The van der Waals surface area contributed by atoms with Crippen LogP contribution in [0, 0.1) is 0 Å². The van der Waals surface area contributed by atoms with Gasteiger partial charge in [-0.3, -0.25) is 0 Å². The highest BCUT2D eigenvalue weighted by molar-refractivity contribution is 5.94. The number of carbonyl (C=O) groups is 1. The molecular formula is C16H24N2O3. The van der Waals surface area contributed by atoms with Gasteiger partial charge in [0.25, 0.3) is 0 Å². The Morgan fingerprint density at radius 2 is 2.10 bits per heavy atom. The normalized spacial score (nSPS) is 17.8. The molecule has 0 unspecified atom stereocenters. The first kappa shape index (κ1) is 15.8. The van der Waals surface area contributed by atoms with Crippen LogP contribution in [0.2, 0.25) is 0 Å². The van der Waals surface area contributed by atoms with Crippen LogP contribution in [0.3, 0.4) is 0 Å². The minimum absolute atomic E-state index is 0.330. The zero-order valence-electron chi connectivity index (χ0n) is 12.6. The predicted molar refractivity (Wildman–Crippen MR) is 81.3 cm³/mol. The van der Waals surface area contributed by atoms with Gasteiger partial charge in [0.05, 0.1) is 12.2 Å². The van der Waals surface area contributed by atoms with Gasteiger partial charge in [0.1, 0.15) is 11.4 Å². The van der Waals surface area contributed by atoms with Crippen molar-refractivity contribution in [3.05, 3.63) is 23.9 Å². The van der Waals surface area contributed by atoms with Gasteiger partial charge in [-0.1, -0.05) is 25.7 Å². The average Bonchev–Trinajstić information content (AvgIpc) is 2.71. The Kier molecular flexibility index (Phi) is 5.56. The van der Waals surface area contributed by atoms with E-state index in [-0.39, 0.29) is 5.97 Å². The Morgan fingerprint density at radius 1 is 1.38 bits per heavy atom. The van der Waals surface area contributed by atoms with E-state index in [0.717, 1.165) is 25.7 Å². The van der Waals surface area contributed by atoms with Crippen LogP contribution in [-0.4, -0.2) is 34.8 Å². The van der Waals surface area contributed by atoms with Gasteiger partial charge >= 0.3 is 5.97 Å². The van der Waals surface area contributed by atoms with E-state index in [1.54, 1.807) is 25.3 Å². The maximum Gasteiger partial charge on any atom is 0.341 e. The van der Waals surface area contributed by atoms with E-state index in [1.165, 1.54) is 12.8 Å². The van der Waals surface area contributed by atoms with E-state index in [9.17, 15) is 9.90 Å². The van der Waals surface area contributed by atoms with E-state index < -0.39 is 5.60 Å². The standard InChI is InChI=1S/C16H24N2O3/c1-2-21-15(19)13-8-7-11-17-14(13)18-12-16(20)9-5-3-4-6-10-16/h7-8,11,20H,2-6,9-10,12H2,1H3,(H,17,18). The van der Waals surface area contributed by atoms with Gasteiger partial charge in [-0.05, 0) is 31.9 Å². The van der Waals surface area contributed by atoms with Crippen LogP contribution in [0.4, 0.5) is 5.82 Å². The summed E-state index contributed by atoms with van der Waals surface area (Å²) < 4.78 is 5.02. The van der Waals surface area contributed by atoms with Gasteiger partial charge in [-0.15, -0.1) is 0 Å². The first-order chi connectivity index (χ1) is 10.1. The van der Waals surface area contributed by atoms with Crippen LogP contribution in [0.5, 0.6) is 0 Å². The molecule has 0 radical (unpaired) electrons. The lowest BCUT2D eigenvalue weighted by molar-refractivity contribution is 0.0378. The Hall–Kier alpha value is -1.62. The fourth-order valence-electron chi connectivity index (χ4n) is 2.73. The van der Waals surface area contributed by atoms with Crippen LogP contribution in [-0.2, 0) is 4.74 Å². The molecular weight excluding hydrogens is 268 g/mol. The van der Waals surface area contributed by atoms with Crippen LogP contribution in [0.25, 0.3) is 0 Å². The van der Waals surface area contributed by atoms with Crippen LogP contribution < -0.4 is 5.32 Å². The Morgan fingerprint density at radius 3 is 2.76 bits per heavy atom. The van der Waals surface area contributed by atoms with E-state index in [1.807, 2.05) is 0 Å². The van der Waals surface area contributed by atoms with Gasteiger partial charge in [0.2, 0.25) is 0 Å². The van der Waals surface area contributed by atoms with Crippen LogP contribution in [0.15, 0.2) is 18.3 Å². The number of esters is 1. The third kappa shape index (κ3) is 4.43. The third-order valence-electron chi connectivity index (χ3n) is 3.92. The third-order valence-corrected chi connectivity index (χ3v) is 3.92. The number of rotatable bonds is 5. The van der Waals surface area contributed by atoms with Crippen molar-refractivity contribution in [2.24, 2.45) is 0 Å². The molecule has 0 aliphatic heterocycles. The smallest absolute Gasteiger partial charge is 0.341 e. The van der Waals surface area contributed by atoms with Gasteiger partial charge < -0.3 is 15.2 Å². The van der Waals surface area contributed by atoms with Gasteiger partial charge in [0, 0.05) is 12.7 Å². The lowest BCUT2D eigenvalue weighted by Gasteiger charge is -2.27. The van der Waals surface area contributed by atoms with Crippen molar-refractivity contribution in [1.29, 1.82) is 0 Å². The molecule has 0 amide bonds. The summed E-state index contributed by atoms with van der Waals surface area (Å²) in [4.78, 5) is 16.1. The molecule has 1 saturated carbocycles. The summed E-state index contributed by atoms with van der Waals surface area (Å²) in [6, 6.07) is 3.39. The summed E-state index contributed by atoms with van der Waals surface area (Å²) in [6.45, 7) is 2.52. The van der Waals surface area contributed by atoms with Crippen molar-refractivity contribution in [2.45, 2.75) is 51.0 Å². The maximum absolute atomic E-state index is 11.9. The van der Waals surface area contributed by atoms with Gasteiger partial charge in [0.15, 0.2) is 0 Å². The van der Waals surface area contributed by atoms with Gasteiger partial charge in [-0.25, -0.2) is 9.78 Å². The molecule has 116 valence electrons. The number of hydrogen-bond donors (Lipinski definition) is 2. The Bertz CT molecular complexity index is 468. The Balaban J connectivity index is 2.04. The molecule has 1 aromatic heterocycles.